The number of nitriles is 1. The minimum atomic E-state index is -0.483. The molecule has 5 heteroatoms. The summed E-state index contributed by atoms with van der Waals surface area (Å²) in [6, 6.07) is 6.75. The van der Waals surface area contributed by atoms with Gasteiger partial charge in [-0.05, 0) is 24.8 Å². The minimum absolute atomic E-state index is 0.0448. The van der Waals surface area contributed by atoms with Crippen molar-refractivity contribution in [2.75, 3.05) is 5.32 Å². The number of nitro groups is 1. The fourth-order valence-electron chi connectivity index (χ4n) is 2.42. The van der Waals surface area contributed by atoms with Crippen LogP contribution in [-0.4, -0.2) is 11.0 Å². The van der Waals surface area contributed by atoms with Crippen LogP contribution in [0.4, 0.5) is 11.4 Å². The maximum atomic E-state index is 10.7. The van der Waals surface area contributed by atoms with E-state index in [1.807, 2.05) is 6.07 Å². The number of non-ortho nitro benzene ring substituents is 1. The molecule has 1 aliphatic carbocycles. The van der Waals surface area contributed by atoms with Crippen LogP contribution in [0, 0.1) is 27.4 Å². The summed E-state index contributed by atoms with van der Waals surface area (Å²) < 4.78 is 0. The summed E-state index contributed by atoms with van der Waals surface area (Å²) in [4.78, 5) is 10.2. The van der Waals surface area contributed by atoms with E-state index in [1.54, 1.807) is 6.07 Å². The highest BCUT2D eigenvalue weighted by atomic mass is 16.6. The molecule has 0 radical (unpaired) electrons. The third-order valence-electron chi connectivity index (χ3n) is 3.54. The van der Waals surface area contributed by atoms with Gasteiger partial charge in [0.15, 0.2) is 0 Å². The number of hydrogen-bond acceptors (Lipinski definition) is 4. The highest BCUT2D eigenvalue weighted by Gasteiger charge is 2.24. The first-order valence-corrected chi connectivity index (χ1v) is 6.07. The summed E-state index contributed by atoms with van der Waals surface area (Å²) in [5, 5.41) is 23.0. The van der Waals surface area contributed by atoms with E-state index in [9.17, 15) is 10.1 Å². The predicted molar refractivity (Wildman–Crippen MR) is 68.2 cm³/mol. The average molecular weight is 245 g/mol. The lowest BCUT2D eigenvalue weighted by Gasteiger charge is -2.19. The van der Waals surface area contributed by atoms with Crippen LogP contribution in [0.1, 0.15) is 31.7 Å². The number of hydrogen-bond donors (Lipinski definition) is 1. The first-order valence-electron chi connectivity index (χ1n) is 6.07. The van der Waals surface area contributed by atoms with Gasteiger partial charge >= 0.3 is 0 Å². The molecule has 1 fully saturated rings. The summed E-state index contributed by atoms with van der Waals surface area (Å²) in [5.74, 6) is 0.576. The Bertz CT molecular complexity index is 507. The number of rotatable bonds is 3. The number of benzene rings is 1. The fourth-order valence-corrected chi connectivity index (χ4v) is 2.42. The number of nitrogens with one attached hydrogen (secondary N) is 1. The molecule has 1 aliphatic rings. The van der Waals surface area contributed by atoms with Gasteiger partial charge in [-0.3, -0.25) is 10.1 Å². The monoisotopic (exact) mass is 245 g/mol. The molecule has 1 N–H and O–H groups in total. The third kappa shape index (κ3) is 2.43. The zero-order valence-corrected chi connectivity index (χ0v) is 10.2. The van der Waals surface area contributed by atoms with E-state index < -0.39 is 4.92 Å². The van der Waals surface area contributed by atoms with E-state index in [2.05, 4.69) is 12.2 Å². The van der Waals surface area contributed by atoms with E-state index in [4.69, 9.17) is 5.26 Å². The average Bonchev–Trinajstić information content (AvgIpc) is 2.75. The standard InChI is InChI=1S/C13H15N3O2/c1-9-3-2-4-12(9)15-13-6-5-11(16(17)18)7-10(13)8-14/h5-7,9,12,15H,2-4H2,1H3. The minimum Gasteiger partial charge on any atom is -0.381 e. The number of nitrogens with zero attached hydrogens (tertiary/aromatic N) is 2. The number of nitro benzene ring substituents is 1. The van der Waals surface area contributed by atoms with Crippen LogP contribution in [0.3, 0.4) is 0 Å². The van der Waals surface area contributed by atoms with Gasteiger partial charge in [-0.25, -0.2) is 0 Å². The van der Waals surface area contributed by atoms with Gasteiger partial charge in [-0.1, -0.05) is 13.3 Å². The summed E-state index contributed by atoms with van der Waals surface area (Å²) in [7, 11) is 0. The van der Waals surface area contributed by atoms with Crippen molar-refractivity contribution in [2.24, 2.45) is 5.92 Å². The van der Waals surface area contributed by atoms with Crippen LogP contribution in [-0.2, 0) is 0 Å². The second-order valence-corrected chi connectivity index (χ2v) is 4.76. The van der Waals surface area contributed by atoms with Crippen LogP contribution in [0.15, 0.2) is 18.2 Å². The normalized spacial score (nSPS) is 22.4. The van der Waals surface area contributed by atoms with Gasteiger partial charge in [0, 0.05) is 18.2 Å². The van der Waals surface area contributed by atoms with Crippen LogP contribution in [0.5, 0.6) is 0 Å². The molecule has 0 heterocycles. The molecular formula is C13H15N3O2. The first-order chi connectivity index (χ1) is 8.61. The highest BCUT2D eigenvalue weighted by molar-refractivity contribution is 5.61. The summed E-state index contributed by atoms with van der Waals surface area (Å²) in [6.07, 6.45) is 3.46. The maximum absolute atomic E-state index is 10.7. The van der Waals surface area contributed by atoms with Gasteiger partial charge in [-0.15, -0.1) is 0 Å². The fraction of sp³-hybridized carbons (Fsp3) is 0.462. The van der Waals surface area contributed by atoms with E-state index >= 15 is 0 Å². The van der Waals surface area contributed by atoms with E-state index in [-0.39, 0.29) is 5.69 Å². The summed E-state index contributed by atoms with van der Waals surface area (Å²) >= 11 is 0. The Labute approximate surface area is 106 Å². The molecule has 0 aromatic heterocycles. The molecule has 1 aromatic rings. The molecule has 2 atom stereocenters. The van der Waals surface area contributed by atoms with Gasteiger partial charge in [0.05, 0.1) is 16.2 Å². The molecule has 94 valence electrons. The van der Waals surface area contributed by atoms with Crippen molar-refractivity contribution in [3.63, 3.8) is 0 Å². The molecule has 1 aromatic carbocycles. The van der Waals surface area contributed by atoms with Crippen LogP contribution < -0.4 is 5.32 Å². The van der Waals surface area contributed by atoms with E-state index in [0.717, 1.165) is 6.42 Å². The van der Waals surface area contributed by atoms with Gasteiger partial charge in [0.25, 0.3) is 5.69 Å². The molecule has 5 nitrogen and oxygen atoms in total. The summed E-state index contributed by atoms with van der Waals surface area (Å²) in [6.45, 7) is 2.18. The van der Waals surface area contributed by atoms with E-state index in [0.29, 0.717) is 23.2 Å². The van der Waals surface area contributed by atoms with Crippen molar-refractivity contribution in [3.8, 4) is 6.07 Å². The molecule has 2 rings (SSSR count). The number of anilines is 1. The van der Waals surface area contributed by atoms with Gasteiger partial charge < -0.3 is 5.32 Å². The van der Waals surface area contributed by atoms with Crippen molar-refractivity contribution in [2.45, 2.75) is 32.2 Å². The molecular weight excluding hydrogens is 230 g/mol. The Balaban J connectivity index is 2.23. The molecule has 2 unspecified atom stereocenters. The van der Waals surface area contributed by atoms with Gasteiger partial charge in [0.1, 0.15) is 6.07 Å². The zero-order chi connectivity index (χ0) is 13.1. The topological polar surface area (TPSA) is 79.0 Å². The van der Waals surface area contributed by atoms with Crippen molar-refractivity contribution >= 4 is 11.4 Å². The van der Waals surface area contributed by atoms with E-state index in [1.165, 1.54) is 25.0 Å². The molecule has 0 bridgehead atoms. The van der Waals surface area contributed by atoms with Crippen LogP contribution in [0.25, 0.3) is 0 Å². The second kappa shape index (κ2) is 5.05. The Morgan fingerprint density at radius 3 is 2.83 bits per heavy atom. The first kappa shape index (κ1) is 12.4. The Morgan fingerprint density at radius 2 is 2.28 bits per heavy atom. The lowest BCUT2D eigenvalue weighted by Crippen LogP contribution is -2.22. The molecule has 0 saturated heterocycles. The van der Waals surface area contributed by atoms with Gasteiger partial charge in [0.2, 0.25) is 0 Å². The van der Waals surface area contributed by atoms with Crippen LogP contribution >= 0.6 is 0 Å². The van der Waals surface area contributed by atoms with Crippen molar-refractivity contribution in [1.29, 1.82) is 5.26 Å². The molecule has 1 saturated carbocycles. The lowest BCUT2D eigenvalue weighted by molar-refractivity contribution is -0.384. The Hall–Kier alpha value is -2.09. The largest absolute Gasteiger partial charge is 0.381 e. The SMILES string of the molecule is CC1CCCC1Nc1ccc([N+](=O)[O-])cc1C#N. The molecule has 0 amide bonds. The van der Waals surface area contributed by atoms with Gasteiger partial charge in [-0.2, -0.15) is 5.26 Å². The highest BCUT2D eigenvalue weighted by Crippen LogP contribution is 2.30. The molecule has 0 aliphatic heterocycles. The molecule has 18 heavy (non-hydrogen) atoms. The second-order valence-electron chi connectivity index (χ2n) is 4.76. The Morgan fingerprint density at radius 1 is 1.50 bits per heavy atom. The van der Waals surface area contributed by atoms with Crippen LogP contribution in [0.2, 0.25) is 0 Å². The Kier molecular flexibility index (Phi) is 3.47. The zero-order valence-electron chi connectivity index (χ0n) is 10.2. The maximum Gasteiger partial charge on any atom is 0.270 e. The van der Waals surface area contributed by atoms with Crippen molar-refractivity contribution in [3.05, 3.63) is 33.9 Å². The third-order valence-corrected chi connectivity index (χ3v) is 3.54. The smallest absolute Gasteiger partial charge is 0.270 e. The molecule has 0 spiro atoms. The van der Waals surface area contributed by atoms with Crippen molar-refractivity contribution in [1.82, 2.24) is 0 Å². The predicted octanol–water partition coefficient (Wildman–Crippen LogP) is 3.07. The quantitative estimate of drug-likeness (QED) is 0.655. The lowest BCUT2D eigenvalue weighted by atomic mass is 10.1. The summed E-state index contributed by atoms with van der Waals surface area (Å²) in [5.41, 5.74) is 0.988. The van der Waals surface area contributed by atoms with Crippen molar-refractivity contribution < 1.29 is 4.92 Å².